The van der Waals surface area contributed by atoms with Gasteiger partial charge in [-0.2, -0.15) is 0 Å². The van der Waals surface area contributed by atoms with Crippen LogP contribution in [-0.4, -0.2) is 39.4 Å². The second-order valence-electron chi connectivity index (χ2n) is 6.22. The van der Waals surface area contributed by atoms with E-state index in [2.05, 4.69) is 34.7 Å². The van der Waals surface area contributed by atoms with Crippen molar-refractivity contribution in [3.8, 4) is 17.2 Å². The second-order valence-corrected chi connectivity index (χ2v) is 6.22. The van der Waals surface area contributed by atoms with Crippen LogP contribution in [0.4, 0.5) is 0 Å². The Labute approximate surface area is 152 Å². The minimum absolute atomic E-state index is 0.610. The van der Waals surface area contributed by atoms with E-state index in [1.165, 1.54) is 22.1 Å². The van der Waals surface area contributed by atoms with Crippen molar-refractivity contribution in [1.82, 2.24) is 10.3 Å². The van der Waals surface area contributed by atoms with Gasteiger partial charge >= 0.3 is 0 Å². The minimum atomic E-state index is 0.610. The van der Waals surface area contributed by atoms with Gasteiger partial charge in [-0.1, -0.05) is 18.2 Å². The number of aromatic nitrogens is 1. The first-order valence-electron chi connectivity index (χ1n) is 8.56. The van der Waals surface area contributed by atoms with Gasteiger partial charge in [0.25, 0.3) is 0 Å². The fraction of sp³-hybridized carbons (Fsp3) is 0.238. The first kappa shape index (κ1) is 16.5. The molecule has 0 unspecified atom stereocenters. The molecule has 2 N–H and O–H groups in total. The van der Waals surface area contributed by atoms with Crippen LogP contribution < -0.4 is 19.5 Å². The van der Waals surface area contributed by atoms with E-state index in [0.29, 0.717) is 17.2 Å². The number of hydrogen-bond acceptors (Lipinski definition) is 4. The Morgan fingerprint density at radius 2 is 1.54 bits per heavy atom. The van der Waals surface area contributed by atoms with E-state index in [0.717, 1.165) is 24.2 Å². The Bertz CT molecular complexity index is 963. The zero-order chi connectivity index (χ0) is 18.1. The first-order chi connectivity index (χ1) is 12.8. The van der Waals surface area contributed by atoms with Gasteiger partial charge < -0.3 is 24.5 Å². The van der Waals surface area contributed by atoms with Gasteiger partial charge in [0.1, 0.15) is 0 Å². The van der Waals surface area contributed by atoms with Gasteiger partial charge in [0.2, 0.25) is 5.75 Å². The Kier molecular flexibility index (Phi) is 4.31. The van der Waals surface area contributed by atoms with E-state index >= 15 is 0 Å². The highest BCUT2D eigenvalue weighted by molar-refractivity contribution is 6.03. The van der Waals surface area contributed by atoms with Crippen molar-refractivity contribution in [3.05, 3.63) is 53.7 Å². The number of benzene rings is 2. The van der Waals surface area contributed by atoms with Gasteiger partial charge in [-0.3, -0.25) is 0 Å². The van der Waals surface area contributed by atoms with E-state index in [-0.39, 0.29) is 0 Å². The van der Waals surface area contributed by atoms with Crippen LogP contribution in [0, 0.1) is 0 Å². The van der Waals surface area contributed by atoms with Crippen LogP contribution in [0.15, 0.2) is 42.6 Å². The van der Waals surface area contributed by atoms with E-state index in [1.54, 1.807) is 21.3 Å². The van der Waals surface area contributed by atoms with Crippen molar-refractivity contribution in [2.75, 3.05) is 34.4 Å². The number of para-hydroxylation sites is 1. The average Bonchev–Trinajstić information content (AvgIpc) is 3.33. The largest absolute Gasteiger partial charge is 0.493 e. The predicted molar refractivity (Wildman–Crippen MR) is 104 cm³/mol. The molecule has 0 spiro atoms. The maximum Gasteiger partial charge on any atom is 0.203 e. The molecule has 0 atom stereocenters. The highest BCUT2D eigenvalue weighted by Gasteiger charge is 2.22. The molecule has 0 saturated heterocycles. The van der Waals surface area contributed by atoms with Crippen molar-refractivity contribution in [2.45, 2.75) is 0 Å². The third kappa shape index (κ3) is 2.61. The van der Waals surface area contributed by atoms with Crippen LogP contribution in [0.3, 0.4) is 0 Å². The molecule has 26 heavy (non-hydrogen) atoms. The lowest BCUT2D eigenvalue weighted by atomic mass is 9.96. The van der Waals surface area contributed by atoms with Crippen molar-refractivity contribution < 1.29 is 14.2 Å². The number of rotatable bonds is 5. The van der Waals surface area contributed by atoms with E-state index in [9.17, 15) is 0 Å². The number of ether oxygens (including phenoxy) is 3. The molecule has 0 fully saturated rings. The highest BCUT2D eigenvalue weighted by atomic mass is 16.5. The summed E-state index contributed by atoms with van der Waals surface area (Å²) in [6.45, 7) is 1.63. The molecule has 0 saturated carbocycles. The van der Waals surface area contributed by atoms with E-state index in [1.807, 2.05) is 18.2 Å². The Morgan fingerprint density at radius 1 is 0.846 bits per heavy atom. The van der Waals surface area contributed by atoms with Crippen molar-refractivity contribution >= 4 is 22.0 Å². The Hall–Kier alpha value is -2.92. The maximum atomic E-state index is 5.52. The summed E-state index contributed by atoms with van der Waals surface area (Å²) in [5.41, 5.74) is 5.98. The van der Waals surface area contributed by atoms with Crippen LogP contribution in [0.5, 0.6) is 17.2 Å². The summed E-state index contributed by atoms with van der Waals surface area (Å²) >= 11 is 0. The van der Waals surface area contributed by atoms with Gasteiger partial charge in [-0.25, -0.2) is 0 Å². The summed E-state index contributed by atoms with van der Waals surface area (Å²) in [6, 6.07) is 12.4. The standard InChI is InChI=1S/C21H22N2O3/c1-24-19-8-13(9-20(25-2)21(19)26-3)15-10-22-11-16(15)17-12-23-18-7-5-4-6-14(17)18/h4-9,12,22-23H,10-11H2,1-3H3. The molecule has 0 radical (unpaired) electrons. The number of methoxy groups -OCH3 is 3. The molecule has 1 aliphatic heterocycles. The van der Waals surface area contributed by atoms with Gasteiger partial charge in [0.05, 0.1) is 21.3 Å². The molecular formula is C21H22N2O3. The summed E-state index contributed by atoms with van der Waals surface area (Å²) < 4.78 is 16.5. The van der Waals surface area contributed by atoms with Gasteiger partial charge in [-0.15, -0.1) is 0 Å². The fourth-order valence-corrected chi connectivity index (χ4v) is 3.64. The quantitative estimate of drug-likeness (QED) is 0.737. The monoisotopic (exact) mass is 350 g/mol. The molecule has 0 aliphatic carbocycles. The Morgan fingerprint density at radius 3 is 2.23 bits per heavy atom. The summed E-state index contributed by atoms with van der Waals surface area (Å²) in [6.07, 6.45) is 2.09. The van der Waals surface area contributed by atoms with Crippen LogP contribution in [0.25, 0.3) is 22.0 Å². The maximum absolute atomic E-state index is 5.52. The van der Waals surface area contributed by atoms with E-state index < -0.39 is 0 Å². The number of H-pyrrole nitrogens is 1. The predicted octanol–water partition coefficient (Wildman–Crippen LogP) is 3.71. The lowest BCUT2D eigenvalue weighted by Crippen LogP contribution is -2.08. The molecule has 5 nitrogen and oxygen atoms in total. The van der Waals surface area contributed by atoms with Gasteiger partial charge in [0.15, 0.2) is 11.5 Å². The van der Waals surface area contributed by atoms with Crippen LogP contribution >= 0.6 is 0 Å². The topological polar surface area (TPSA) is 55.5 Å². The third-order valence-electron chi connectivity index (χ3n) is 4.90. The summed E-state index contributed by atoms with van der Waals surface area (Å²) in [5.74, 6) is 1.94. The van der Waals surface area contributed by atoms with Crippen molar-refractivity contribution in [1.29, 1.82) is 0 Å². The number of aromatic amines is 1. The van der Waals surface area contributed by atoms with Crippen LogP contribution in [0.2, 0.25) is 0 Å². The SMILES string of the molecule is COc1cc(C2=C(c3c[nH]c4ccccc34)CNC2)cc(OC)c1OC. The van der Waals surface area contributed by atoms with E-state index in [4.69, 9.17) is 14.2 Å². The summed E-state index contributed by atoms with van der Waals surface area (Å²) in [7, 11) is 4.90. The van der Waals surface area contributed by atoms with Crippen molar-refractivity contribution in [2.24, 2.45) is 0 Å². The minimum Gasteiger partial charge on any atom is -0.493 e. The molecule has 0 bridgehead atoms. The molecule has 3 aromatic rings. The molecule has 0 amide bonds. The smallest absolute Gasteiger partial charge is 0.203 e. The summed E-state index contributed by atoms with van der Waals surface area (Å²) in [5, 5.41) is 4.71. The summed E-state index contributed by atoms with van der Waals surface area (Å²) in [4.78, 5) is 3.37. The molecule has 4 rings (SSSR count). The second kappa shape index (κ2) is 6.77. The van der Waals surface area contributed by atoms with Gasteiger partial charge in [-0.05, 0) is 34.9 Å². The molecule has 2 heterocycles. The lowest BCUT2D eigenvalue weighted by Gasteiger charge is -2.15. The molecule has 2 aromatic carbocycles. The number of fused-ring (bicyclic) bond motifs is 1. The highest BCUT2D eigenvalue weighted by Crippen LogP contribution is 2.42. The van der Waals surface area contributed by atoms with Crippen LogP contribution in [-0.2, 0) is 0 Å². The number of nitrogens with one attached hydrogen (secondary N) is 2. The zero-order valence-corrected chi connectivity index (χ0v) is 15.2. The first-order valence-corrected chi connectivity index (χ1v) is 8.56. The normalized spacial score (nSPS) is 14.1. The molecule has 134 valence electrons. The number of hydrogen-bond donors (Lipinski definition) is 2. The third-order valence-corrected chi connectivity index (χ3v) is 4.90. The Balaban J connectivity index is 1.89. The van der Waals surface area contributed by atoms with Crippen molar-refractivity contribution in [3.63, 3.8) is 0 Å². The molecule has 5 heteroatoms. The average molecular weight is 350 g/mol. The molecule has 1 aromatic heterocycles. The van der Waals surface area contributed by atoms with Gasteiger partial charge in [0, 0.05) is 35.8 Å². The van der Waals surface area contributed by atoms with Crippen LogP contribution in [0.1, 0.15) is 11.1 Å². The molecular weight excluding hydrogens is 328 g/mol. The fourth-order valence-electron chi connectivity index (χ4n) is 3.64. The zero-order valence-electron chi connectivity index (χ0n) is 15.2. The molecule has 1 aliphatic rings. The lowest BCUT2D eigenvalue weighted by molar-refractivity contribution is 0.324.